The topological polar surface area (TPSA) is 85.3 Å². The predicted molar refractivity (Wildman–Crippen MR) is 76.8 cm³/mol. The molecule has 1 atom stereocenters. The van der Waals surface area contributed by atoms with Crippen LogP contribution in [0.1, 0.15) is 18.4 Å². The Bertz CT molecular complexity index is 729. The summed E-state index contributed by atoms with van der Waals surface area (Å²) in [5.74, 6) is -2.55. The number of nitrogens with two attached hydrogens (primary N) is 1. The minimum Gasteiger partial charge on any atom is -0.466 e. The Morgan fingerprint density at radius 2 is 2.23 bits per heavy atom. The predicted octanol–water partition coefficient (Wildman–Crippen LogP) is 2.73. The number of halogens is 2. The van der Waals surface area contributed by atoms with Crippen molar-refractivity contribution in [3.63, 3.8) is 0 Å². The van der Waals surface area contributed by atoms with Gasteiger partial charge in [-0.2, -0.15) is 5.26 Å². The zero-order chi connectivity index (χ0) is 16.4. The number of allylic oxidation sites excluding steroid dienone is 2. The zero-order valence-electron chi connectivity index (χ0n) is 11.8. The summed E-state index contributed by atoms with van der Waals surface area (Å²) >= 11 is 6.07. The van der Waals surface area contributed by atoms with Crippen LogP contribution in [0.5, 0.6) is 0 Å². The van der Waals surface area contributed by atoms with Gasteiger partial charge < -0.3 is 15.2 Å². The summed E-state index contributed by atoms with van der Waals surface area (Å²) in [5.41, 5.74) is 5.56. The van der Waals surface area contributed by atoms with E-state index in [4.69, 9.17) is 26.8 Å². The van der Waals surface area contributed by atoms with E-state index in [0.717, 1.165) is 0 Å². The van der Waals surface area contributed by atoms with E-state index in [1.165, 1.54) is 32.2 Å². The van der Waals surface area contributed by atoms with Crippen LogP contribution in [0.25, 0.3) is 0 Å². The second-order valence-corrected chi connectivity index (χ2v) is 4.93. The fourth-order valence-corrected chi connectivity index (χ4v) is 2.60. The Morgan fingerprint density at radius 3 is 2.77 bits per heavy atom. The molecule has 0 radical (unpaired) electrons. The van der Waals surface area contributed by atoms with Crippen molar-refractivity contribution in [2.45, 2.75) is 12.8 Å². The van der Waals surface area contributed by atoms with E-state index in [1.807, 2.05) is 6.07 Å². The van der Waals surface area contributed by atoms with E-state index in [1.54, 1.807) is 0 Å². The number of nitrogens with zero attached hydrogens (tertiary/aromatic N) is 1. The lowest BCUT2D eigenvalue weighted by Crippen LogP contribution is -2.25. The number of hydrogen-bond donors (Lipinski definition) is 1. The molecule has 0 unspecified atom stereocenters. The van der Waals surface area contributed by atoms with Crippen molar-refractivity contribution in [3.05, 3.63) is 57.4 Å². The molecule has 0 spiro atoms. The van der Waals surface area contributed by atoms with E-state index in [0.29, 0.717) is 0 Å². The van der Waals surface area contributed by atoms with Gasteiger partial charge in [-0.25, -0.2) is 9.18 Å². The number of nitriles is 1. The highest BCUT2D eigenvalue weighted by Crippen LogP contribution is 2.42. The average Bonchev–Trinajstić information content (AvgIpc) is 2.46. The lowest BCUT2D eigenvalue weighted by atomic mass is 9.83. The maximum atomic E-state index is 14.3. The number of carbonyl (C=O) groups excluding carboxylic acids is 1. The molecular formula is C15H12ClFN2O3. The maximum absolute atomic E-state index is 14.3. The van der Waals surface area contributed by atoms with Gasteiger partial charge in [0.05, 0.1) is 18.6 Å². The lowest BCUT2D eigenvalue weighted by molar-refractivity contribution is -0.136. The third-order valence-electron chi connectivity index (χ3n) is 3.30. The summed E-state index contributed by atoms with van der Waals surface area (Å²) < 4.78 is 24.2. The highest BCUT2D eigenvalue weighted by Gasteiger charge is 2.38. The van der Waals surface area contributed by atoms with Crippen molar-refractivity contribution in [3.8, 4) is 6.07 Å². The molecule has 7 heteroatoms. The van der Waals surface area contributed by atoms with Crippen LogP contribution >= 0.6 is 11.6 Å². The molecular weight excluding hydrogens is 311 g/mol. The molecule has 5 nitrogen and oxygen atoms in total. The quantitative estimate of drug-likeness (QED) is 0.846. The van der Waals surface area contributed by atoms with Crippen molar-refractivity contribution in [2.24, 2.45) is 5.73 Å². The van der Waals surface area contributed by atoms with E-state index in [9.17, 15) is 14.4 Å². The summed E-state index contributed by atoms with van der Waals surface area (Å²) in [6, 6.07) is 5.92. The fraction of sp³-hybridized carbons (Fsp3) is 0.200. The van der Waals surface area contributed by atoms with Crippen molar-refractivity contribution in [1.29, 1.82) is 5.26 Å². The van der Waals surface area contributed by atoms with Crippen LogP contribution in [0, 0.1) is 17.1 Å². The largest absolute Gasteiger partial charge is 0.466 e. The molecule has 0 amide bonds. The van der Waals surface area contributed by atoms with Gasteiger partial charge in [-0.15, -0.1) is 0 Å². The molecule has 0 aliphatic carbocycles. The van der Waals surface area contributed by atoms with Gasteiger partial charge >= 0.3 is 5.97 Å². The molecule has 22 heavy (non-hydrogen) atoms. The zero-order valence-corrected chi connectivity index (χ0v) is 12.6. The molecule has 0 fully saturated rings. The van der Waals surface area contributed by atoms with Crippen LogP contribution < -0.4 is 5.73 Å². The lowest BCUT2D eigenvalue weighted by Gasteiger charge is -2.27. The number of hydrogen-bond acceptors (Lipinski definition) is 5. The highest BCUT2D eigenvalue weighted by molar-refractivity contribution is 6.31. The Hall–Kier alpha value is -2.52. The monoisotopic (exact) mass is 322 g/mol. The van der Waals surface area contributed by atoms with Crippen LogP contribution in [0.15, 0.2) is 41.0 Å². The molecule has 0 saturated heterocycles. The SMILES string of the molecule is COC(=O)C1=C(C)OC(N)=C(C#N)[C@H]1c1c(F)cccc1Cl. The van der Waals surface area contributed by atoms with Crippen molar-refractivity contribution in [2.75, 3.05) is 7.11 Å². The second kappa shape index (κ2) is 6.08. The molecule has 1 aliphatic rings. The van der Waals surface area contributed by atoms with E-state index in [-0.39, 0.29) is 33.4 Å². The van der Waals surface area contributed by atoms with Crippen LogP contribution in [0.3, 0.4) is 0 Å². The molecule has 2 rings (SSSR count). The first-order valence-electron chi connectivity index (χ1n) is 6.23. The molecule has 0 saturated carbocycles. The summed E-state index contributed by atoms with van der Waals surface area (Å²) in [7, 11) is 1.18. The molecule has 2 N–H and O–H groups in total. The Labute approximate surface area is 131 Å². The standard InChI is InChI=1S/C15H12ClFN2O3/c1-7-11(15(20)21-2)12(8(6-18)14(19)22-7)13-9(16)4-3-5-10(13)17/h3-5,12H,19H2,1-2H3/t12-/m1/s1. The molecule has 114 valence electrons. The first-order chi connectivity index (χ1) is 10.4. The smallest absolute Gasteiger partial charge is 0.338 e. The first kappa shape index (κ1) is 15.9. The number of rotatable bonds is 2. The third kappa shape index (κ3) is 2.51. The number of carbonyl (C=O) groups is 1. The Balaban J connectivity index is 2.77. The molecule has 0 aromatic heterocycles. The van der Waals surface area contributed by atoms with Crippen molar-refractivity contribution in [1.82, 2.24) is 0 Å². The highest BCUT2D eigenvalue weighted by atomic mass is 35.5. The normalized spacial score (nSPS) is 17.9. The van der Waals surface area contributed by atoms with Crippen LogP contribution in [0.4, 0.5) is 4.39 Å². The summed E-state index contributed by atoms with van der Waals surface area (Å²) in [5, 5.41) is 9.40. The average molecular weight is 323 g/mol. The molecule has 1 aliphatic heterocycles. The van der Waals surface area contributed by atoms with Crippen LogP contribution in [0.2, 0.25) is 5.02 Å². The molecule has 1 aromatic rings. The van der Waals surface area contributed by atoms with Gasteiger partial charge in [-0.3, -0.25) is 0 Å². The number of methoxy groups -OCH3 is 1. The summed E-state index contributed by atoms with van der Waals surface area (Å²) in [6.45, 7) is 1.48. The van der Waals surface area contributed by atoms with E-state index < -0.39 is 17.7 Å². The van der Waals surface area contributed by atoms with Gasteiger partial charge in [0, 0.05) is 10.6 Å². The molecule has 1 aromatic carbocycles. The Kier molecular flexibility index (Phi) is 4.38. The van der Waals surface area contributed by atoms with Crippen LogP contribution in [-0.2, 0) is 14.3 Å². The van der Waals surface area contributed by atoms with Gasteiger partial charge in [-0.1, -0.05) is 17.7 Å². The van der Waals surface area contributed by atoms with Gasteiger partial charge in [-0.05, 0) is 19.1 Å². The van der Waals surface area contributed by atoms with Crippen molar-refractivity contribution >= 4 is 17.6 Å². The van der Waals surface area contributed by atoms with Gasteiger partial charge in [0.1, 0.15) is 23.2 Å². The maximum Gasteiger partial charge on any atom is 0.338 e. The summed E-state index contributed by atoms with van der Waals surface area (Å²) in [6.07, 6.45) is 0. The minimum absolute atomic E-state index is 0.0137. The number of esters is 1. The van der Waals surface area contributed by atoms with Gasteiger partial charge in [0.25, 0.3) is 0 Å². The number of benzene rings is 1. The molecule has 1 heterocycles. The van der Waals surface area contributed by atoms with Gasteiger partial charge in [0.2, 0.25) is 5.88 Å². The fourth-order valence-electron chi connectivity index (χ4n) is 2.33. The van der Waals surface area contributed by atoms with E-state index in [2.05, 4.69) is 0 Å². The Morgan fingerprint density at radius 1 is 1.55 bits per heavy atom. The van der Waals surface area contributed by atoms with Crippen molar-refractivity contribution < 1.29 is 18.7 Å². The third-order valence-corrected chi connectivity index (χ3v) is 3.63. The van der Waals surface area contributed by atoms with E-state index >= 15 is 0 Å². The minimum atomic E-state index is -1.08. The number of ether oxygens (including phenoxy) is 2. The second-order valence-electron chi connectivity index (χ2n) is 4.52. The summed E-state index contributed by atoms with van der Waals surface area (Å²) in [4.78, 5) is 12.1. The van der Waals surface area contributed by atoms with Crippen LogP contribution in [-0.4, -0.2) is 13.1 Å². The molecule has 0 bridgehead atoms. The van der Waals surface area contributed by atoms with Gasteiger partial charge in [0.15, 0.2) is 0 Å². The first-order valence-corrected chi connectivity index (χ1v) is 6.60.